The third-order valence-electron chi connectivity index (χ3n) is 6.59. The van der Waals surface area contributed by atoms with Gasteiger partial charge >= 0.3 is 0 Å². The quantitative estimate of drug-likeness (QED) is 0.337. The third kappa shape index (κ3) is 2.58. The molecule has 3 aromatic heterocycles. The number of pyridine rings is 1. The summed E-state index contributed by atoms with van der Waals surface area (Å²) < 4.78 is 4.73. The highest BCUT2D eigenvalue weighted by molar-refractivity contribution is 6.30. The van der Waals surface area contributed by atoms with Crippen LogP contribution in [-0.4, -0.2) is 24.4 Å². The highest BCUT2D eigenvalue weighted by atomic mass is 28.1. The third-order valence-corrected chi connectivity index (χ3v) is 7.14. The molecular formula is C29H21N3Si. The monoisotopic (exact) mass is 439 g/mol. The zero-order valence-electron chi connectivity index (χ0n) is 18.2. The van der Waals surface area contributed by atoms with E-state index in [1.54, 1.807) is 0 Å². The van der Waals surface area contributed by atoms with Gasteiger partial charge in [-0.1, -0.05) is 66.7 Å². The second-order valence-corrected chi connectivity index (χ2v) is 9.56. The maximum Gasteiger partial charge on any atom is 0.137 e. The van der Waals surface area contributed by atoms with E-state index in [0.29, 0.717) is 0 Å². The molecule has 0 aliphatic rings. The summed E-state index contributed by atoms with van der Waals surface area (Å²) in [4.78, 5) is 4.99. The Labute approximate surface area is 194 Å². The van der Waals surface area contributed by atoms with Crippen molar-refractivity contribution in [1.29, 1.82) is 0 Å². The molecule has 4 heteroatoms. The van der Waals surface area contributed by atoms with Crippen LogP contribution in [-0.2, 0) is 0 Å². The van der Waals surface area contributed by atoms with Gasteiger partial charge in [0.05, 0.1) is 32.3 Å². The molecule has 7 rings (SSSR count). The highest BCUT2D eigenvalue weighted by Gasteiger charge is 2.20. The van der Waals surface area contributed by atoms with Gasteiger partial charge in [0.2, 0.25) is 0 Å². The van der Waals surface area contributed by atoms with Crippen molar-refractivity contribution in [3.63, 3.8) is 0 Å². The second-order valence-electron chi connectivity index (χ2n) is 8.53. The summed E-state index contributed by atoms with van der Waals surface area (Å²) in [5, 5.41) is 6.19. The van der Waals surface area contributed by atoms with Crippen molar-refractivity contribution in [2.24, 2.45) is 0 Å². The molecule has 0 unspecified atom stereocenters. The lowest BCUT2D eigenvalue weighted by Crippen LogP contribution is -2.11. The van der Waals surface area contributed by atoms with Gasteiger partial charge in [0.15, 0.2) is 0 Å². The van der Waals surface area contributed by atoms with Crippen molar-refractivity contribution in [2.75, 3.05) is 0 Å². The molecule has 7 aromatic rings. The Morgan fingerprint density at radius 3 is 2.00 bits per heavy atom. The van der Waals surface area contributed by atoms with Gasteiger partial charge in [0.1, 0.15) is 5.82 Å². The minimum atomic E-state index is 0.923. The lowest BCUT2D eigenvalue weighted by Gasteiger charge is -2.10. The lowest BCUT2D eigenvalue weighted by molar-refractivity contribution is 1.10. The molecule has 0 spiro atoms. The van der Waals surface area contributed by atoms with Crippen molar-refractivity contribution < 1.29 is 0 Å². The minimum absolute atomic E-state index is 0.923. The number of nitrogens with zero attached hydrogens (tertiary/aromatic N) is 3. The summed E-state index contributed by atoms with van der Waals surface area (Å²) >= 11 is 0. The maximum absolute atomic E-state index is 4.99. The number of benzene rings is 4. The highest BCUT2D eigenvalue weighted by Crippen LogP contribution is 2.41. The van der Waals surface area contributed by atoms with Crippen molar-refractivity contribution in [3.8, 4) is 11.5 Å². The SMILES string of the molecule is [SiH3]c1cccc(-n2c3ccccc3c3ccc4c(c5ccccc5n4-c4ccccc4)c32)n1. The molecule has 0 amide bonds. The van der Waals surface area contributed by atoms with Crippen LogP contribution >= 0.6 is 0 Å². The molecule has 0 saturated heterocycles. The molecule has 0 bridgehead atoms. The van der Waals surface area contributed by atoms with E-state index in [9.17, 15) is 0 Å². The fraction of sp³-hybridized carbons (Fsp3) is 0. The molecule has 0 N–H and O–H groups in total. The molecule has 3 heterocycles. The van der Waals surface area contributed by atoms with E-state index in [1.165, 1.54) is 49.3 Å². The number of rotatable bonds is 2. The molecule has 0 fully saturated rings. The van der Waals surface area contributed by atoms with Crippen molar-refractivity contribution >= 4 is 59.2 Å². The summed E-state index contributed by atoms with van der Waals surface area (Å²) in [5.74, 6) is 0.984. The number of aromatic nitrogens is 3. The Kier molecular flexibility index (Phi) is 3.86. The Morgan fingerprint density at radius 2 is 1.21 bits per heavy atom. The number of hydrogen-bond acceptors (Lipinski definition) is 1. The first-order chi connectivity index (χ1) is 16.3. The van der Waals surface area contributed by atoms with Crippen LogP contribution in [0.2, 0.25) is 0 Å². The van der Waals surface area contributed by atoms with Gasteiger partial charge in [0, 0.05) is 32.5 Å². The zero-order valence-corrected chi connectivity index (χ0v) is 20.2. The first kappa shape index (κ1) is 18.4. The smallest absolute Gasteiger partial charge is 0.137 e. The van der Waals surface area contributed by atoms with Crippen LogP contribution in [0.3, 0.4) is 0 Å². The maximum atomic E-state index is 4.99. The minimum Gasteiger partial charge on any atom is -0.309 e. The predicted octanol–water partition coefficient (Wildman–Crippen LogP) is 5.27. The summed E-state index contributed by atoms with van der Waals surface area (Å²) in [6.07, 6.45) is 0. The van der Waals surface area contributed by atoms with Crippen LogP contribution in [0, 0.1) is 0 Å². The molecule has 3 nitrogen and oxygen atoms in total. The summed E-state index contributed by atoms with van der Waals surface area (Å²) in [7, 11) is 0.923. The topological polar surface area (TPSA) is 22.8 Å². The van der Waals surface area contributed by atoms with Crippen LogP contribution in [0.4, 0.5) is 0 Å². The average Bonchev–Trinajstić information content (AvgIpc) is 3.37. The van der Waals surface area contributed by atoms with Gasteiger partial charge < -0.3 is 4.57 Å². The molecule has 156 valence electrons. The summed E-state index contributed by atoms with van der Waals surface area (Å²) in [5.41, 5.74) is 6.01. The Bertz CT molecular complexity index is 1830. The number of fused-ring (bicyclic) bond motifs is 7. The zero-order chi connectivity index (χ0) is 21.9. The van der Waals surface area contributed by atoms with Gasteiger partial charge in [-0.15, -0.1) is 0 Å². The number of hydrogen-bond donors (Lipinski definition) is 0. The number of para-hydroxylation sites is 3. The largest absolute Gasteiger partial charge is 0.309 e. The summed E-state index contributed by atoms with van der Waals surface area (Å²) in [6.45, 7) is 0. The van der Waals surface area contributed by atoms with Crippen LogP contribution in [0.25, 0.3) is 55.1 Å². The van der Waals surface area contributed by atoms with E-state index in [0.717, 1.165) is 21.4 Å². The Morgan fingerprint density at radius 1 is 0.515 bits per heavy atom. The molecule has 0 atom stereocenters. The van der Waals surface area contributed by atoms with Crippen LogP contribution < -0.4 is 5.32 Å². The van der Waals surface area contributed by atoms with Crippen LogP contribution in [0.1, 0.15) is 0 Å². The fourth-order valence-electron chi connectivity index (χ4n) is 5.26. The van der Waals surface area contributed by atoms with Gasteiger partial charge in [-0.2, -0.15) is 0 Å². The van der Waals surface area contributed by atoms with E-state index in [1.807, 2.05) is 0 Å². The van der Waals surface area contributed by atoms with Gasteiger partial charge in [-0.25, -0.2) is 4.98 Å². The van der Waals surface area contributed by atoms with E-state index in [2.05, 4.69) is 118 Å². The summed E-state index contributed by atoms with van der Waals surface area (Å²) in [6, 6.07) is 39.0. The normalized spacial score (nSPS) is 11.9. The van der Waals surface area contributed by atoms with Crippen LogP contribution in [0.15, 0.2) is 109 Å². The van der Waals surface area contributed by atoms with Crippen molar-refractivity contribution in [3.05, 3.63) is 109 Å². The van der Waals surface area contributed by atoms with E-state index >= 15 is 0 Å². The molecule has 33 heavy (non-hydrogen) atoms. The Balaban J connectivity index is 1.76. The molecule has 0 aliphatic carbocycles. The molecule has 0 aliphatic heterocycles. The Hall–Kier alpha value is -4.15. The molecule has 4 aromatic carbocycles. The van der Waals surface area contributed by atoms with Gasteiger partial charge in [-0.05, 0) is 42.5 Å². The van der Waals surface area contributed by atoms with E-state index < -0.39 is 0 Å². The first-order valence-electron chi connectivity index (χ1n) is 11.3. The van der Waals surface area contributed by atoms with E-state index in [4.69, 9.17) is 4.98 Å². The van der Waals surface area contributed by atoms with Gasteiger partial charge in [-0.3, -0.25) is 4.57 Å². The van der Waals surface area contributed by atoms with Crippen molar-refractivity contribution in [2.45, 2.75) is 0 Å². The standard InChI is InChI=1S/C29H21N3Si/c33-27-16-8-15-26(30-27)32-23-13-6-4-11-20(23)21-17-18-25-28(29(21)32)22-12-5-7-14-24(22)31(25)19-9-2-1-3-10-19/h1-18H,33H3. The van der Waals surface area contributed by atoms with Crippen LogP contribution in [0.5, 0.6) is 0 Å². The predicted molar refractivity (Wildman–Crippen MR) is 142 cm³/mol. The lowest BCUT2D eigenvalue weighted by atomic mass is 10.1. The molecule has 0 radical (unpaired) electrons. The van der Waals surface area contributed by atoms with E-state index in [-0.39, 0.29) is 0 Å². The second kappa shape index (κ2) is 6.92. The van der Waals surface area contributed by atoms with Gasteiger partial charge in [0.25, 0.3) is 0 Å². The molecule has 0 saturated carbocycles. The molecular weight excluding hydrogens is 418 g/mol. The first-order valence-corrected chi connectivity index (χ1v) is 12.3. The van der Waals surface area contributed by atoms with Crippen molar-refractivity contribution in [1.82, 2.24) is 14.1 Å². The fourth-order valence-corrected chi connectivity index (χ4v) is 5.68. The average molecular weight is 440 g/mol.